The minimum absolute atomic E-state index is 0.251. The predicted molar refractivity (Wildman–Crippen MR) is 88.8 cm³/mol. The Morgan fingerprint density at radius 1 is 1.10 bits per heavy atom. The number of benzene rings is 2. The van der Waals surface area contributed by atoms with Crippen molar-refractivity contribution in [1.29, 1.82) is 0 Å². The highest BCUT2D eigenvalue weighted by Crippen LogP contribution is 2.25. The van der Waals surface area contributed by atoms with Crippen LogP contribution in [0.2, 0.25) is 0 Å². The van der Waals surface area contributed by atoms with Crippen molar-refractivity contribution < 1.29 is 8.42 Å². The summed E-state index contributed by atoms with van der Waals surface area (Å²) in [6.45, 7) is 5.87. The van der Waals surface area contributed by atoms with Gasteiger partial charge in [-0.2, -0.15) is 0 Å². The van der Waals surface area contributed by atoms with E-state index in [1.54, 1.807) is 24.3 Å². The fraction of sp³-hybridized carbons (Fsp3) is 0.250. The lowest BCUT2D eigenvalue weighted by molar-refractivity contribution is 0.566. The molecule has 21 heavy (non-hydrogen) atoms. The first-order valence-electron chi connectivity index (χ1n) is 6.65. The van der Waals surface area contributed by atoms with E-state index in [0.717, 1.165) is 16.7 Å². The fourth-order valence-corrected chi connectivity index (χ4v) is 4.56. The highest BCUT2D eigenvalue weighted by Gasteiger charge is 2.21. The molecule has 2 aromatic carbocycles. The molecule has 0 saturated carbocycles. The van der Waals surface area contributed by atoms with Crippen molar-refractivity contribution >= 4 is 26.0 Å². The molecule has 112 valence electrons. The molecule has 1 N–H and O–H groups in total. The smallest absolute Gasteiger partial charge is 0.207 e. The third kappa shape index (κ3) is 3.73. The topological polar surface area (TPSA) is 46.2 Å². The Morgan fingerprint density at radius 2 is 1.76 bits per heavy atom. The van der Waals surface area contributed by atoms with Crippen LogP contribution in [-0.2, 0) is 10.0 Å². The van der Waals surface area contributed by atoms with Crippen molar-refractivity contribution in [3.63, 3.8) is 0 Å². The van der Waals surface area contributed by atoms with E-state index in [1.165, 1.54) is 0 Å². The molecule has 0 amide bonds. The van der Waals surface area contributed by atoms with E-state index in [-0.39, 0.29) is 10.9 Å². The fourth-order valence-electron chi connectivity index (χ4n) is 2.33. The number of rotatable bonds is 4. The minimum atomic E-state index is -3.56. The maximum Gasteiger partial charge on any atom is 0.242 e. The molecule has 3 nitrogen and oxygen atoms in total. The molecule has 0 heterocycles. The van der Waals surface area contributed by atoms with Gasteiger partial charge in [-0.1, -0.05) is 35.9 Å². The summed E-state index contributed by atoms with van der Waals surface area (Å²) >= 11 is 3.28. The van der Waals surface area contributed by atoms with Crippen LogP contribution < -0.4 is 4.72 Å². The van der Waals surface area contributed by atoms with Crippen LogP contribution in [0.15, 0.2) is 51.8 Å². The van der Waals surface area contributed by atoms with E-state index in [2.05, 4.69) is 26.7 Å². The van der Waals surface area contributed by atoms with Crippen molar-refractivity contribution in [3.05, 3.63) is 63.6 Å². The summed E-state index contributed by atoms with van der Waals surface area (Å²) in [6, 6.07) is 12.5. The molecule has 0 aliphatic rings. The lowest BCUT2D eigenvalue weighted by atomic mass is 10.0. The molecule has 0 aliphatic heterocycles. The highest BCUT2D eigenvalue weighted by atomic mass is 79.9. The number of hydrogen-bond acceptors (Lipinski definition) is 2. The molecular formula is C16H18BrNO2S. The van der Waals surface area contributed by atoms with Gasteiger partial charge in [0.1, 0.15) is 0 Å². The molecule has 0 aromatic heterocycles. The molecule has 2 rings (SSSR count). The van der Waals surface area contributed by atoms with Gasteiger partial charge in [0.2, 0.25) is 10.0 Å². The van der Waals surface area contributed by atoms with E-state index in [1.807, 2.05) is 32.9 Å². The second-order valence-corrected chi connectivity index (χ2v) is 7.67. The Labute approximate surface area is 134 Å². The maximum absolute atomic E-state index is 12.5. The first-order valence-corrected chi connectivity index (χ1v) is 8.93. The normalized spacial score (nSPS) is 13.1. The van der Waals surface area contributed by atoms with Gasteiger partial charge in [-0.15, -0.1) is 0 Å². The van der Waals surface area contributed by atoms with Gasteiger partial charge in [0.05, 0.1) is 4.90 Å². The van der Waals surface area contributed by atoms with Crippen LogP contribution in [0.25, 0.3) is 0 Å². The van der Waals surface area contributed by atoms with Gasteiger partial charge in [-0.3, -0.25) is 0 Å². The molecule has 0 aliphatic carbocycles. The third-order valence-corrected chi connectivity index (χ3v) is 5.90. The molecule has 0 spiro atoms. The van der Waals surface area contributed by atoms with Gasteiger partial charge in [0.25, 0.3) is 0 Å². The summed E-state index contributed by atoms with van der Waals surface area (Å²) < 4.78 is 28.2. The lowest BCUT2D eigenvalue weighted by Crippen LogP contribution is -2.27. The second kappa shape index (κ2) is 6.30. The summed E-state index contributed by atoms with van der Waals surface area (Å²) in [7, 11) is -3.56. The van der Waals surface area contributed by atoms with Gasteiger partial charge >= 0.3 is 0 Å². The molecular weight excluding hydrogens is 350 g/mol. The van der Waals surface area contributed by atoms with Crippen LogP contribution in [0, 0.1) is 13.8 Å². The van der Waals surface area contributed by atoms with Crippen LogP contribution >= 0.6 is 15.9 Å². The number of aryl methyl sites for hydroxylation is 2. The van der Waals surface area contributed by atoms with Gasteiger partial charge < -0.3 is 0 Å². The highest BCUT2D eigenvalue weighted by molar-refractivity contribution is 9.10. The van der Waals surface area contributed by atoms with E-state index in [4.69, 9.17) is 0 Å². The summed E-state index contributed by atoms with van der Waals surface area (Å²) in [6.07, 6.45) is 0. The van der Waals surface area contributed by atoms with Gasteiger partial charge in [-0.05, 0) is 60.0 Å². The third-order valence-electron chi connectivity index (χ3n) is 3.35. The summed E-state index contributed by atoms with van der Waals surface area (Å²) in [5.74, 6) is 0. The summed E-state index contributed by atoms with van der Waals surface area (Å²) in [5.41, 5.74) is 3.23. The second-order valence-electron chi connectivity index (χ2n) is 5.13. The molecule has 0 radical (unpaired) electrons. The zero-order valence-electron chi connectivity index (χ0n) is 12.2. The molecule has 5 heteroatoms. The molecule has 1 unspecified atom stereocenters. The SMILES string of the molecule is Cc1ccc(C(C)NS(=O)(=O)c2ccccc2Br)c(C)c1. The van der Waals surface area contributed by atoms with Crippen LogP contribution in [0.4, 0.5) is 0 Å². The monoisotopic (exact) mass is 367 g/mol. The zero-order chi connectivity index (χ0) is 15.6. The van der Waals surface area contributed by atoms with Gasteiger partial charge in [-0.25, -0.2) is 13.1 Å². The van der Waals surface area contributed by atoms with Gasteiger partial charge in [0, 0.05) is 10.5 Å². The first kappa shape index (κ1) is 16.2. The van der Waals surface area contributed by atoms with Crippen molar-refractivity contribution in [2.24, 2.45) is 0 Å². The Hall–Kier alpha value is -1.17. The molecule has 1 atom stereocenters. The van der Waals surface area contributed by atoms with Crippen molar-refractivity contribution in [2.75, 3.05) is 0 Å². The molecule has 2 aromatic rings. The zero-order valence-corrected chi connectivity index (χ0v) is 14.6. The number of sulfonamides is 1. The molecule has 0 fully saturated rings. The van der Waals surface area contributed by atoms with Crippen LogP contribution in [0.1, 0.15) is 29.7 Å². The Bertz CT molecular complexity index is 757. The Kier molecular flexibility index (Phi) is 4.86. The Balaban J connectivity index is 2.30. The first-order chi connectivity index (χ1) is 9.81. The minimum Gasteiger partial charge on any atom is -0.207 e. The standard InChI is InChI=1S/C16H18BrNO2S/c1-11-8-9-14(12(2)10-11)13(3)18-21(19,20)16-7-5-4-6-15(16)17/h4-10,13,18H,1-3H3. The number of hydrogen-bond donors (Lipinski definition) is 1. The number of nitrogens with one attached hydrogen (secondary N) is 1. The average molecular weight is 368 g/mol. The van der Waals surface area contributed by atoms with E-state index < -0.39 is 10.0 Å². The van der Waals surface area contributed by atoms with E-state index in [9.17, 15) is 8.42 Å². The van der Waals surface area contributed by atoms with Gasteiger partial charge in [0.15, 0.2) is 0 Å². The van der Waals surface area contributed by atoms with Crippen LogP contribution in [0.5, 0.6) is 0 Å². The van der Waals surface area contributed by atoms with Crippen molar-refractivity contribution in [3.8, 4) is 0 Å². The van der Waals surface area contributed by atoms with E-state index in [0.29, 0.717) is 4.47 Å². The van der Waals surface area contributed by atoms with Crippen LogP contribution in [-0.4, -0.2) is 8.42 Å². The average Bonchev–Trinajstić information content (AvgIpc) is 2.38. The van der Waals surface area contributed by atoms with Crippen molar-refractivity contribution in [2.45, 2.75) is 31.7 Å². The van der Waals surface area contributed by atoms with Crippen molar-refractivity contribution in [1.82, 2.24) is 4.72 Å². The molecule has 0 bridgehead atoms. The predicted octanol–water partition coefficient (Wildman–Crippen LogP) is 4.11. The number of halogens is 1. The van der Waals surface area contributed by atoms with Crippen LogP contribution in [0.3, 0.4) is 0 Å². The largest absolute Gasteiger partial charge is 0.242 e. The summed E-state index contributed by atoms with van der Waals surface area (Å²) in [5, 5.41) is 0. The van der Waals surface area contributed by atoms with E-state index >= 15 is 0 Å². The quantitative estimate of drug-likeness (QED) is 0.883. The maximum atomic E-state index is 12.5. The molecule has 0 saturated heterocycles. The summed E-state index contributed by atoms with van der Waals surface area (Å²) in [4.78, 5) is 0.251. The lowest BCUT2D eigenvalue weighted by Gasteiger charge is -2.17. The Morgan fingerprint density at radius 3 is 2.38 bits per heavy atom.